The van der Waals surface area contributed by atoms with E-state index in [0.717, 1.165) is 25.1 Å². The number of halogens is 1. The Bertz CT molecular complexity index is 693. The number of carboxylic acid groups (broad SMARTS) is 1. The monoisotopic (exact) mass is 316 g/mol. The highest BCUT2D eigenvalue weighted by atomic mass is 32.3. The molecular weight excluding hydrogens is 303 g/mol. The van der Waals surface area contributed by atoms with Gasteiger partial charge >= 0.3 is 16.2 Å². The lowest BCUT2D eigenvalue weighted by Crippen LogP contribution is -2.45. The minimum Gasteiger partial charge on any atom is -0.480 e. The topological polar surface area (TPSA) is 106 Å². The molecule has 0 bridgehead atoms. The van der Waals surface area contributed by atoms with Crippen LogP contribution >= 0.6 is 0 Å². The summed E-state index contributed by atoms with van der Waals surface area (Å²) in [7, 11) is -5.04. The zero-order chi connectivity index (χ0) is 16.4. The zero-order valence-corrected chi connectivity index (χ0v) is 12.1. The Morgan fingerprint density at radius 2 is 1.86 bits per heavy atom. The Kier molecular flexibility index (Phi) is 4.62. The summed E-state index contributed by atoms with van der Waals surface area (Å²) in [6.07, 6.45) is -0.302. The maximum atomic E-state index is 12.9. The molecule has 0 saturated heterocycles. The van der Waals surface area contributed by atoms with Gasteiger partial charge in [-0.05, 0) is 25.5 Å². The summed E-state index contributed by atoms with van der Waals surface area (Å²) in [5.74, 6) is -3.58. The van der Waals surface area contributed by atoms with Crippen LogP contribution in [0.2, 0.25) is 0 Å². The van der Waals surface area contributed by atoms with E-state index in [4.69, 9.17) is 0 Å². The lowest BCUT2D eigenvalue weighted by Gasteiger charge is -2.23. The number of carbonyl (C=O) groups is 3. The fourth-order valence-electron chi connectivity index (χ4n) is 2.00. The molecule has 0 radical (unpaired) electrons. The minimum atomic E-state index is -5.04. The van der Waals surface area contributed by atoms with E-state index in [1.54, 1.807) is 0 Å². The predicted molar refractivity (Wildman–Crippen MR) is 70.1 cm³/mol. The SMILES string of the molecule is CCC(C(C)=O)(C(=O)O)C(=O)c1cccc(S(=O)(=O)F)c1. The van der Waals surface area contributed by atoms with E-state index in [0.29, 0.717) is 6.07 Å². The van der Waals surface area contributed by atoms with Gasteiger partial charge in [-0.1, -0.05) is 19.1 Å². The number of Topliss-reactive ketones (excluding diaryl/α,β-unsaturated/α-hetero) is 2. The molecule has 0 aliphatic heterocycles. The molecular formula is C13H13FO6S. The fourth-order valence-corrected chi connectivity index (χ4v) is 2.51. The molecule has 0 heterocycles. The minimum absolute atomic E-state index is 0.302. The van der Waals surface area contributed by atoms with Gasteiger partial charge in [-0.15, -0.1) is 3.89 Å². The van der Waals surface area contributed by atoms with Crippen molar-refractivity contribution in [1.82, 2.24) is 0 Å². The molecule has 114 valence electrons. The number of hydrogen-bond acceptors (Lipinski definition) is 5. The van der Waals surface area contributed by atoms with Gasteiger partial charge < -0.3 is 5.11 Å². The summed E-state index contributed by atoms with van der Waals surface area (Å²) in [6.45, 7) is 2.31. The highest BCUT2D eigenvalue weighted by molar-refractivity contribution is 7.86. The Morgan fingerprint density at radius 1 is 1.29 bits per heavy atom. The van der Waals surface area contributed by atoms with E-state index < -0.39 is 38.1 Å². The van der Waals surface area contributed by atoms with Gasteiger partial charge in [0.1, 0.15) is 0 Å². The number of carbonyl (C=O) groups excluding carboxylic acids is 2. The Morgan fingerprint density at radius 3 is 2.24 bits per heavy atom. The number of aliphatic carboxylic acids is 1. The maximum Gasteiger partial charge on any atom is 0.332 e. The summed E-state index contributed by atoms with van der Waals surface area (Å²) in [5.41, 5.74) is -2.66. The van der Waals surface area contributed by atoms with Crippen molar-refractivity contribution in [3.05, 3.63) is 29.8 Å². The van der Waals surface area contributed by atoms with Crippen molar-refractivity contribution in [1.29, 1.82) is 0 Å². The van der Waals surface area contributed by atoms with Gasteiger partial charge in [0.25, 0.3) is 0 Å². The second-order valence-corrected chi connectivity index (χ2v) is 5.76. The number of carboxylic acids is 1. The molecule has 1 rings (SSSR count). The van der Waals surface area contributed by atoms with Crippen LogP contribution in [0.1, 0.15) is 30.6 Å². The highest BCUT2D eigenvalue weighted by Crippen LogP contribution is 2.30. The van der Waals surface area contributed by atoms with Crippen molar-refractivity contribution in [2.24, 2.45) is 5.41 Å². The smallest absolute Gasteiger partial charge is 0.332 e. The Hall–Kier alpha value is -2.09. The molecule has 0 saturated carbocycles. The van der Waals surface area contributed by atoms with Crippen molar-refractivity contribution in [3.63, 3.8) is 0 Å². The molecule has 0 fully saturated rings. The van der Waals surface area contributed by atoms with Crippen LogP contribution in [0, 0.1) is 5.41 Å². The summed E-state index contributed by atoms with van der Waals surface area (Å²) in [5, 5.41) is 9.22. The molecule has 1 aromatic rings. The van der Waals surface area contributed by atoms with Crippen LogP contribution in [0.4, 0.5) is 3.89 Å². The predicted octanol–water partition coefficient (Wildman–Crippen LogP) is 1.60. The van der Waals surface area contributed by atoms with Gasteiger partial charge in [0.2, 0.25) is 0 Å². The molecule has 21 heavy (non-hydrogen) atoms. The molecule has 0 aliphatic rings. The lowest BCUT2D eigenvalue weighted by molar-refractivity contribution is -0.150. The zero-order valence-electron chi connectivity index (χ0n) is 11.3. The molecule has 1 aromatic carbocycles. The molecule has 0 spiro atoms. The lowest BCUT2D eigenvalue weighted by atomic mass is 9.75. The van der Waals surface area contributed by atoms with Crippen LogP contribution in [0.3, 0.4) is 0 Å². The van der Waals surface area contributed by atoms with E-state index in [2.05, 4.69) is 0 Å². The van der Waals surface area contributed by atoms with Crippen molar-refractivity contribution >= 4 is 27.8 Å². The highest BCUT2D eigenvalue weighted by Gasteiger charge is 2.49. The normalized spacial score (nSPS) is 14.2. The van der Waals surface area contributed by atoms with Crippen LogP contribution in [0.5, 0.6) is 0 Å². The van der Waals surface area contributed by atoms with Gasteiger partial charge in [0.05, 0.1) is 4.90 Å². The average molecular weight is 316 g/mol. The summed E-state index contributed by atoms with van der Waals surface area (Å²) in [4.78, 5) is 34.6. The Labute approximate surface area is 120 Å². The first-order chi connectivity index (χ1) is 9.57. The van der Waals surface area contributed by atoms with E-state index in [1.807, 2.05) is 0 Å². The first kappa shape index (κ1) is 17.0. The van der Waals surface area contributed by atoms with Crippen molar-refractivity contribution in [3.8, 4) is 0 Å². The van der Waals surface area contributed by atoms with Gasteiger partial charge in [-0.3, -0.25) is 14.4 Å². The number of benzene rings is 1. The number of ketones is 2. The first-order valence-corrected chi connectivity index (χ1v) is 7.29. The third kappa shape index (κ3) is 2.99. The second kappa shape index (κ2) is 5.72. The second-order valence-electron chi connectivity index (χ2n) is 4.42. The van der Waals surface area contributed by atoms with E-state index in [1.165, 1.54) is 6.92 Å². The van der Waals surface area contributed by atoms with Crippen LogP contribution in [0.15, 0.2) is 29.2 Å². The molecule has 1 N–H and O–H groups in total. The van der Waals surface area contributed by atoms with Crippen molar-refractivity contribution < 1.29 is 31.8 Å². The summed E-state index contributed by atoms with van der Waals surface area (Å²) >= 11 is 0. The van der Waals surface area contributed by atoms with Crippen molar-refractivity contribution in [2.75, 3.05) is 0 Å². The van der Waals surface area contributed by atoms with Crippen LogP contribution in [-0.4, -0.2) is 31.1 Å². The van der Waals surface area contributed by atoms with Crippen molar-refractivity contribution in [2.45, 2.75) is 25.2 Å². The quantitative estimate of drug-likeness (QED) is 0.485. The summed E-state index contributed by atoms with van der Waals surface area (Å²) in [6, 6.07) is 3.87. The van der Waals surface area contributed by atoms with Crippen LogP contribution in [0.25, 0.3) is 0 Å². The summed E-state index contributed by atoms with van der Waals surface area (Å²) < 4.78 is 34.6. The van der Waals surface area contributed by atoms with E-state index in [9.17, 15) is 31.8 Å². The standard InChI is InChI=1S/C13H13FO6S/c1-3-13(8(2)15,12(17)18)11(16)9-5-4-6-10(7-9)21(14,19)20/h4-7H,3H2,1-2H3,(H,17,18). The van der Waals surface area contributed by atoms with Gasteiger partial charge in [0.15, 0.2) is 17.0 Å². The third-order valence-electron chi connectivity index (χ3n) is 3.26. The molecule has 1 unspecified atom stereocenters. The Balaban J connectivity index is 3.49. The number of rotatable bonds is 6. The molecule has 0 aromatic heterocycles. The molecule has 0 aliphatic carbocycles. The largest absolute Gasteiger partial charge is 0.480 e. The van der Waals surface area contributed by atoms with Gasteiger partial charge in [0, 0.05) is 5.56 Å². The third-order valence-corrected chi connectivity index (χ3v) is 4.08. The van der Waals surface area contributed by atoms with Crippen LogP contribution < -0.4 is 0 Å². The average Bonchev–Trinajstić information content (AvgIpc) is 2.38. The van der Waals surface area contributed by atoms with Crippen LogP contribution in [-0.2, 0) is 19.8 Å². The molecule has 1 atom stereocenters. The number of hydrogen-bond donors (Lipinski definition) is 1. The van der Waals surface area contributed by atoms with E-state index >= 15 is 0 Å². The fraction of sp³-hybridized carbons (Fsp3) is 0.308. The van der Waals surface area contributed by atoms with Gasteiger partial charge in [-0.2, -0.15) is 8.42 Å². The molecule has 0 amide bonds. The van der Waals surface area contributed by atoms with E-state index in [-0.39, 0.29) is 12.0 Å². The maximum absolute atomic E-state index is 12.9. The van der Waals surface area contributed by atoms with Gasteiger partial charge in [-0.25, -0.2) is 0 Å². The first-order valence-electron chi connectivity index (χ1n) is 5.91. The molecule has 8 heteroatoms. The molecule has 6 nitrogen and oxygen atoms in total.